The van der Waals surface area contributed by atoms with Crippen LogP contribution in [-0.4, -0.2) is 24.5 Å². The molecule has 1 N–H and O–H groups in total. The predicted molar refractivity (Wildman–Crippen MR) is 52.9 cm³/mol. The minimum atomic E-state index is -1.21. The standard InChI is InChI=1S/C11H8O4/c1-15-10-4-2-8(3-5-11(13)14)6-9(10)7-12/h2,4,6-7H,1H3,(H,13,14). The van der Waals surface area contributed by atoms with E-state index in [-0.39, 0.29) is 0 Å². The van der Waals surface area contributed by atoms with E-state index in [9.17, 15) is 9.59 Å². The van der Waals surface area contributed by atoms with Gasteiger partial charge in [0.2, 0.25) is 0 Å². The Morgan fingerprint density at radius 1 is 1.53 bits per heavy atom. The molecule has 15 heavy (non-hydrogen) atoms. The van der Waals surface area contributed by atoms with Crippen molar-refractivity contribution in [1.82, 2.24) is 0 Å². The Labute approximate surface area is 86.5 Å². The smallest absolute Gasteiger partial charge is 0.382 e. The van der Waals surface area contributed by atoms with Gasteiger partial charge in [-0.3, -0.25) is 4.79 Å². The van der Waals surface area contributed by atoms with E-state index in [0.717, 1.165) is 0 Å². The van der Waals surface area contributed by atoms with Gasteiger partial charge in [-0.15, -0.1) is 0 Å². The number of carboxylic acids is 1. The van der Waals surface area contributed by atoms with Crippen molar-refractivity contribution in [2.75, 3.05) is 7.11 Å². The van der Waals surface area contributed by atoms with E-state index < -0.39 is 5.97 Å². The van der Waals surface area contributed by atoms with Gasteiger partial charge in [0.05, 0.1) is 12.7 Å². The maximum atomic E-state index is 10.6. The van der Waals surface area contributed by atoms with E-state index in [1.807, 2.05) is 5.92 Å². The highest BCUT2D eigenvalue weighted by Gasteiger charge is 2.01. The SMILES string of the molecule is COc1ccc(C#CC(=O)O)cc1C=O. The van der Waals surface area contributed by atoms with Crippen molar-refractivity contribution >= 4 is 12.3 Å². The van der Waals surface area contributed by atoms with Crippen LogP contribution in [0, 0.1) is 11.8 Å². The lowest BCUT2D eigenvalue weighted by molar-refractivity contribution is -0.130. The van der Waals surface area contributed by atoms with E-state index in [1.165, 1.54) is 13.2 Å². The number of carboxylic acid groups (broad SMARTS) is 1. The van der Waals surface area contributed by atoms with Crippen molar-refractivity contribution in [1.29, 1.82) is 0 Å². The molecule has 0 spiro atoms. The highest BCUT2D eigenvalue weighted by Crippen LogP contribution is 2.17. The predicted octanol–water partition coefficient (Wildman–Crippen LogP) is 0.944. The molecule has 4 heteroatoms. The molecule has 76 valence electrons. The molecule has 0 bridgehead atoms. The molecule has 0 unspecified atom stereocenters. The molecule has 0 aliphatic carbocycles. The molecule has 0 saturated heterocycles. The van der Waals surface area contributed by atoms with Gasteiger partial charge < -0.3 is 9.84 Å². The number of hydrogen-bond acceptors (Lipinski definition) is 3. The van der Waals surface area contributed by atoms with Gasteiger partial charge in [-0.2, -0.15) is 0 Å². The average molecular weight is 204 g/mol. The number of rotatable bonds is 2. The van der Waals surface area contributed by atoms with Gasteiger partial charge in [0.25, 0.3) is 0 Å². The Hall–Kier alpha value is -2.28. The third kappa shape index (κ3) is 2.85. The molecule has 0 fully saturated rings. The second kappa shape index (κ2) is 4.82. The maximum absolute atomic E-state index is 10.6. The van der Waals surface area contributed by atoms with Gasteiger partial charge in [0.1, 0.15) is 5.75 Å². The van der Waals surface area contributed by atoms with Crippen LogP contribution in [0.1, 0.15) is 15.9 Å². The molecule has 0 aliphatic heterocycles. The summed E-state index contributed by atoms with van der Waals surface area (Å²) >= 11 is 0. The third-order valence-corrected chi connectivity index (χ3v) is 1.67. The lowest BCUT2D eigenvalue weighted by Crippen LogP contribution is -1.92. The first-order valence-corrected chi connectivity index (χ1v) is 4.05. The van der Waals surface area contributed by atoms with E-state index in [1.54, 1.807) is 12.1 Å². The molecule has 0 saturated carbocycles. The summed E-state index contributed by atoms with van der Waals surface area (Å²) < 4.78 is 4.92. The van der Waals surface area contributed by atoms with Gasteiger partial charge >= 0.3 is 5.97 Å². The first-order valence-electron chi connectivity index (χ1n) is 4.05. The van der Waals surface area contributed by atoms with E-state index in [2.05, 4.69) is 5.92 Å². The van der Waals surface area contributed by atoms with Gasteiger partial charge in [0, 0.05) is 11.5 Å². The number of hydrogen-bond donors (Lipinski definition) is 1. The zero-order valence-corrected chi connectivity index (χ0v) is 7.98. The van der Waals surface area contributed by atoms with Crippen LogP contribution in [0.15, 0.2) is 18.2 Å². The van der Waals surface area contributed by atoms with Crippen LogP contribution in [-0.2, 0) is 4.79 Å². The molecule has 0 amide bonds. The normalized spacial score (nSPS) is 8.60. The average Bonchev–Trinajstić information content (AvgIpc) is 2.25. The fraction of sp³-hybridized carbons (Fsp3) is 0.0909. The fourth-order valence-corrected chi connectivity index (χ4v) is 1.03. The zero-order valence-electron chi connectivity index (χ0n) is 7.98. The molecule has 4 nitrogen and oxygen atoms in total. The largest absolute Gasteiger partial charge is 0.496 e. The van der Waals surface area contributed by atoms with Crippen LogP contribution < -0.4 is 4.74 Å². The van der Waals surface area contributed by atoms with Crippen LogP contribution in [0.25, 0.3) is 0 Å². The molecule has 0 heterocycles. The monoisotopic (exact) mass is 204 g/mol. The summed E-state index contributed by atoms with van der Waals surface area (Å²) in [5, 5.41) is 8.33. The van der Waals surface area contributed by atoms with E-state index in [4.69, 9.17) is 9.84 Å². The van der Waals surface area contributed by atoms with Gasteiger partial charge in [-0.25, -0.2) is 4.79 Å². The molecule has 0 atom stereocenters. The number of aliphatic carboxylic acids is 1. The zero-order chi connectivity index (χ0) is 11.3. The van der Waals surface area contributed by atoms with Crippen LogP contribution >= 0.6 is 0 Å². The van der Waals surface area contributed by atoms with Crippen molar-refractivity contribution in [3.63, 3.8) is 0 Å². The molecule has 1 rings (SSSR count). The van der Waals surface area contributed by atoms with Crippen molar-refractivity contribution in [3.05, 3.63) is 29.3 Å². The van der Waals surface area contributed by atoms with Crippen LogP contribution in [0.3, 0.4) is 0 Å². The first kappa shape index (κ1) is 10.8. The Bertz CT molecular complexity index is 451. The Kier molecular flexibility index (Phi) is 3.47. The van der Waals surface area contributed by atoms with Crippen molar-refractivity contribution in [3.8, 4) is 17.6 Å². The molecular weight excluding hydrogens is 196 g/mol. The van der Waals surface area contributed by atoms with Crippen LogP contribution in [0.5, 0.6) is 5.75 Å². The minimum absolute atomic E-state index is 0.342. The molecular formula is C11H8O4. The Morgan fingerprint density at radius 3 is 2.80 bits per heavy atom. The highest BCUT2D eigenvalue weighted by molar-refractivity contribution is 5.87. The minimum Gasteiger partial charge on any atom is -0.496 e. The summed E-state index contributed by atoms with van der Waals surface area (Å²) in [4.78, 5) is 20.8. The number of methoxy groups -OCH3 is 1. The van der Waals surface area contributed by atoms with Crippen LogP contribution in [0.2, 0.25) is 0 Å². The number of carbonyl (C=O) groups excluding carboxylic acids is 1. The van der Waals surface area contributed by atoms with Crippen LogP contribution in [0.4, 0.5) is 0 Å². The lowest BCUT2D eigenvalue weighted by Gasteiger charge is -2.02. The summed E-state index contributed by atoms with van der Waals surface area (Å²) in [6.45, 7) is 0. The summed E-state index contributed by atoms with van der Waals surface area (Å²) in [7, 11) is 1.45. The number of ether oxygens (including phenoxy) is 1. The van der Waals surface area contributed by atoms with Gasteiger partial charge in [0.15, 0.2) is 6.29 Å². The molecule has 0 radical (unpaired) electrons. The summed E-state index contributed by atoms with van der Waals surface area (Å²) in [5.74, 6) is 3.59. The maximum Gasteiger partial charge on any atom is 0.382 e. The fourth-order valence-electron chi connectivity index (χ4n) is 1.03. The molecule has 0 aliphatic rings. The van der Waals surface area contributed by atoms with Gasteiger partial charge in [-0.05, 0) is 18.2 Å². The van der Waals surface area contributed by atoms with Gasteiger partial charge in [-0.1, -0.05) is 5.92 Å². The molecule has 1 aromatic rings. The summed E-state index contributed by atoms with van der Waals surface area (Å²) in [6.07, 6.45) is 0.630. The molecule has 1 aromatic carbocycles. The highest BCUT2D eigenvalue weighted by atomic mass is 16.5. The van der Waals surface area contributed by atoms with Crippen molar-refractivity contribution in [2.24, 2.45) is 0 Å². The Morgan fingerprint density at radius 2 is 2.27 bits per heavy atom. The number of carbonyl (C=O) groups is 2. The Balaban J connectivity index is 3.10. The summed E-state index contributed by atoms with van der Waals surface area (Å²) in [5.41, 5.74) is 0.801. The number of benzene rings is 1. The second-order valence-electron chi connectivity index (χ2n) is 2.63. The topological polar surface area (TPSA) is 63.6 Å². The van der Waals surface area contributed by atoms with E-state index >= 15 is 0 Å². The van der Waals surface area contributed by atoms with E-state index in [0.29, 0.717) is 23.2 Å². The second-order valence-corrected chi connectivity index (χ2v) is 2.63. The first-order chi connectivity index (χ1) is 7.17. The number of aldehydes is 1. The quantitative estimate of drug-likeness (QED) is 0.575. The summed E-state index contributed by atoms with van der Waals surface area (Å²) in [6, 6.07) is 4.62. The third-order valence-electron chi connectivity index (χ3n) is 1.67. The lowest BCUT2D eigenvalue weighted by atomic mass is 10.1. The van der Waals surface area contributed by atoms with Crippen molar-refractivity contribution < 1.29 is 19.4 Å². The van der Waals surface area contributed by atoms with Crippen molar-refractivity contribution in [2.45, 2.75) is 0 Å². The molecule has 0 aromatic heterocycles.